The quantitative estimate of drug-likeness (QED) is 0.365. The minimum atomic E-state index is -0.546. The third-order valence-electron chi connectivity index (χ3n) is 6.76. The van der Waals surface area contributed by atoms with Gasteiger partial charge in [-0.25, -0.2) is 19.3 Å². The van der Waals surface area contributed by atoms with Crippen LogP contribution in [0.2, 0.25) is 0 Å². The summed E-state index contributed by atoms with van der Waals surface area (Å²) >= 11 is 0. The van der Waals surface area contributed by atoms with Crippen LogP contribution >= 0.6 is 0 Å². The lowest BCUT2D eigenvalue weighted by atomic mass is 10.0. The van der Waals surface area contributed by atoms with E-state index in [-0.39, 0.29) is 30.6 Å². The Morgan fingerprint density at radius 3 is 2.56 bits per heavy atom. The summed E-state index contributed by atoms with van der Waals surface area (Å²) in [7, 11) is 1.58. The van der Waals surface area contributed by atoms with Crippen molar-refractivity contribution < 1.29 is 9.53 Å². The third kappa shape index (κ3) is 4.61. The molecule has 11 heteroatoms. The van der Waals surface area contributed by atoms with E-state index in [9.17, 15) is 14.4 Å². The highest BCUT2D eigenvalue weighted by molar-refractivity contribution is 5.77. The fourth-order valence-corrected chi connectivity index (χ4v) is 4.78. The molecule has 1 aromatic carbocycles. The van der Waals surface area contributed by atoms with E-state index in [2.05, 4.69) is 14.5 Å². The Morgan fingerprint density at radius 1 is 1.08 bits per heavy atom. The maximum absolute atomic E-state index is 13.5. The topological polar surface area (TPSA) is 109 Å². The number of rotatable bonds is 8. The Bertz CT molecular complexity index is 1450. The molecule has 0 bridgehead atoms. The van der Waals surface area contributed by atoms with E-state index >= 15 is 0 Å². The summed E-state index contributed by atoms with van der Waals surface area (Å²) in [6.45, 7) is 1.83. The number of fused-ring (bicyclic) bond motifs is 1. The monoisotopic (exact) mass is 491 g/mol. The Morgan fingerprint density at radius 2 is 1.86 bits per heavy atom. The molecular weight excluding hydrogens is 462 g/mol. The summed E-state index contributed by atoms with van der Waals surface area (Å²) in [5, 5.41) is 0. The number of carbonyl (C=O) groups is 1. The van der Waals surface area contributed by atoms with Crippen molar-refractivity contribution in [2.75, 3.05) is 26.8 Å². The number of piperidine rings is 1. The standard InChI is InChI=1S/C25H29N7O4/c1-36-14-13-30-18-27-23-22(30)24(34)32(25(35)31(23)15-19-5-3-2-4-6-19)16-21(33)28-10-7-20(8-11-28)29-12-9-26-17-29/h2-6,9,12,17-18,20H,7-8,10-11,13-16H2,1H3. The van der Waals surface area contributed by atoms with Gasteiger partial charge in [-0.1, -0.05) is 30.3 Å². The van der Waals surface area contributed by atoms with Crippen LogP contribution in [0.25, 0.3) is 11.2 Å². The van der Waals surface area contributed by atoms with Gasteiger partial charge in [-0.2, -0.15) is 0 Å². The molecule has 1 saturated heterocycles. The van der Waals surface area contributed by atoms with E-state index in [1.54, 1.807) is 35.4 Å². The van der Waals surface area contributed by atoms with E-state index in [1.807, 2.05) is 36.5 Å². The average molecular weight is 492 g/mol. The number of amides is 1. The highest BCUT2D eigenvalue weighted by Gasteiger charge is 2.26. The second-order valence-corrected chi connectivity index (χ2v) is 8.97. The summed E-state index contributed by atoms with van der Waals surface area (Å²) in [6.07, 6.45) is 8.59. The zero-order chi connectivity index (χ0) is 25.1. The molecule has 1 aliphatic heterocycles. The number of nitrogens with zero attached hydrogens (tertiary/aromatic N) is 7. The van der Waals surface area contributed by atoms with Crippen molar-refractivity contribution in [3.8, 4) is 0 Å². The number of methoxy groups -OCH3 is 1. The van der Waals surface area contributed by atoms with Crippen LogP contribution in [0.15, 0.2) is 65.0 Å². The van der Waals surface area contributed by atoms with Gasteiger partial charge in [0.1, 0.15) is 6.54 Å². The van der Waals surface area contributed by atoms with Gasteiger partial charge in [-0.05, 0) is 18.4 Å². The Kier molecular flexibility index (Phi) is 6.81. The van der Waals surface area contributed by atoms with Crippen molar-refractivity contribution in [1.29, 1.82) is 0 Å². The highest BCUT2D eigenvalue weighted by Crippen LogP contribution is 2.22. The SMILES string of the molecule is COCCn1cnc2c1c(=O)n(CC(=O)N1CCC(n3ccnc3)CC1)c(=O)n2Cc1ccccc1. The summed E-state index contributed by atoms with van der Waals surface area (Å²) in [6, 6.07) is 9.78. The molecule has 3 aromatic heterocycles. The zero-order valence-electron chi connectivity index (χ0n) is 20.2. The molecule has 0 radical (unpaired) electrons. The lowest BCUT2D eigenvalue weighted by Crippen LogP contribution is -2.47. The molecule has 4 aromatic rings. The minimum absolute atomic E-state index is 0.238. The van der Waals surface area contributed by atoms with E-state index in [4.69, 9.17) is 4.74 Å². The molecule has 1 aliphatic rings. The Balaban J connectivity index is 1.46. The average Bonchev–Trinajstić information content (AvgIpc) is 3.59. The molecule has 5 rings (SSSR count). The first-order chi connectivity index (χ1) is 17.6. The largest absolute Gasteiger partial charge is 0.383 e. The van der Waals surface area contributed by atoms with Crippen LogP contribution in [0.5, 0.6) is 0 Å². The number of aromatic nitrogens is 6. The van der Waals surface area contributed by atoms with Crippen molar-refractivity contribution in [3.63, 3.8) is 0 Å². The van der Waals surface area contributed by atoms with Gasteiger partial charge in [-0.15, -0.1) is 0 Å². The van der Waals surface area contributed by atoms with Crippen LogP contribution in [0.4, 0.5) is 0 Å². The number of likely N-dealkylation sites (tertiary alicyclic amines) is 1. The maximum atomic E-state index is 13.5. The second-order valence-electron chi connectivity index (χ2n) is 8.97. The molecule has 0 spiro atoms. The first-order valence-corrected chi connectivity index (χ1v) is 12.0. The molecular formula is C25H29N7O4. The Labute approximate surface area is 207 Å². The Hall–Kier alpha value is -3.99. The molecule has 188 valence electrons. The lowest BCUT2D eigenvalue weighted by Gasteiger charge is -2.32. The number of hydrogen-bond donors (Lipinski definition) is 0. The minimum Gasteiger partial charge on any atom is -0.383 e. The fraction of sp³-hybridized carbons (Fsp3) is 0.400. The van der Waals surface area contributed by atoms with Crippen molar-refractivity contribution in [3.05, 3.63) is 81.8 Å². The van der Waals surface area contributed by atoms with Crippen molar-refractivity contribution in [2.24, 2.45) is 0 Å². The normalized spacial score (nSPS) is 14.5. The molecule has 0 unspecified atom stereocenters. The maximum Gasteiger partial charge on any atom is 0.333 e. The molecule has 4 heterocycles. The second kappa shape index (κ2) is 10.3. The van der Waals surface area contributed by atoms with Gasteiger partial charge in [0.05, 0.1) is 25.8 Å². The van der Waals surface area contributed by atoms with Crippen LogP contribution in [0.3, 0.4) is 0 Å². The molecule has 0 atom stereocenters. The molecule has 1 amide bonds. The van der Waals surface area contributed by atoms with Crippen LogP contribution in [0, 0.1) is 0 Å². The van der Waals surface area contributed by atoms with Crippen molar-refractivity contribution in [2.45, 2.75) is 38.5 Å². The third-order valence-corrected chi connectivity index (χ3v) is 6.76. The predicted octanol–water partition coefficient (Wildman–Crippen LogP) is 1.11. The lowest BCUT2D eigenvalue weighted by molar-refractivity contribution is -0.133. The summed E-state index contributed by atoms with van der Waals surface area (Å²) in [5.74, 6) is -0.244. The van der Waals surface area contributed by atoms with Gasteiger partial charge in [0.2, 0.25) is 5.91 Å². The first kappa shape index (κ1) is 23.7. The van der Waals surface area contributed by atoms with Gasteiger partial charge in [0.15, 0.2) is 11.2 Å². The van der Waals surface area contributed by atoms with Gasteiger partial charge in [0, 0.05) is 45.2 Å². The highest BCUT2D eigenvalue weighted by atomic mass is 16.5. The molecule has 0 saturated carbocycles. The number of imidazole rings is 2. The van der Waals surface area contributed by atoms with E-state index in [1.165, 1.54) is 4.57 Å². The van der Waals surface area contributed by atoms with Gasteiger partial charge >= 0.3 is 5.69 Å². The first-order valence-electron chi connectivity index (χ1n) is 12.0. The van der Waals surface area contributed by atoms with Gasteiger partial charge in [-0.3, -0.25) is 14.2 Å². The van der Waals surface area contributed by atoms with Crippen LogP contribution < -0.4 is 11.2 Å². The predicted molar refractivity (Wildman–Crippen MR) is 133 cm³/mol. The molecule has 0 N–H and O–H groups in total. The smallest absolute Gasteiger partial charge is 0.333 e. The molecule has 0 aliphatic carbocycles. The van der Waals surface area contributed by atoms with Crippen molar-refractivity contribution in [1.82, 2.24) is 33.1 Å². The summed E-state index contributed by atoms with van der Waals surface area (Å²) in [5.41, 5.74) is 0.416. The molecule has 1 fully saturated rings. The van der Waals surface area contributed by atoms with E-state index < -0.39 is 11.2 Å². The van der Waals surface area contributed by atoms with Crippen LogP contribution in [-0.2, 0) is 29.2 Å². The fourth-order valence-electron chi connectivity index (χ4n) is 4.78. The molecule has 36 heavy (non-hydrogen) atoms. The number of ether oxygens (including phenoxy) is 1. The van der Waals surface area contributed by atoms with E-state index in [0.717, 1.165) is 23.0 Å². The van der Waals surface area contributed by atoms with Gasteiger partial charge < -0.3 is 18.8 Å². The number of hydrogen-bond acceptors (Lipinski definition) is 6. The zero-order valence-corrected chi connectivity index (χ0v) is 20.2. The van der Waals surface area contributed by atoms with Crippen LogP contribution in [0.1, 0.15) is 24.4 Å². The summed E-state index contributed by atoms with van der Waals surface area (Å²) in [4.78, 5) is 50.5. The molecule has 11 nitrogen and oxygen atoms in total. The van der Waals surface area contributed by atoms with Crippen molar-refractivity contribution >= 4 is 17.1 Å². The van der Waals surface area contributed by atoms with E-state index in [0.29, 0.717) is 31.9 Å². The number of carbonyl (C=O) groups excluding carboxylic acids is 1. The van der Waals surface area contributed by atoms with Crippen LogP contribution in [-0.4, -0.2) is 65.8 Å². The summed E-state index contributed by atoms with van der Waals surface area (Å²) < 4.78 is 11.4. The van der Waals surface area contributed by atoms with Gasteiger partial charge in [0.25, 0.3) is 5.56 Å². The number of benzene rings is 1.